The molecule has 0 bridgehead atoms. The number of hydrogen-bond donors (Lipinski definition) is 0. The van der Waals surface area contributed by atoms with Crippen LogP contribution >= 0.6 is 11.8 Å². The van der Waals surface area contributed by atoms with Crippen LogP contribution in [0.3, 0.4) is 0 Å². The monoisotopic (exact) mass is 334 g/mol. The molecule has 3 rings (SSSR count). The Morgan fingerprint density at radius 3 is 2.42 bits per heavy atom. The molecule has 0 amide bonds. The highest BCUT2D eigenvalue weighted by molar-refractivity contribution is 7.99. The zero-order valence-corrected chi connectivity index (χ0v) is 14.5. The van der Waals surface area contributed by atoms with Gasteiger partial charge in [0.1, 0.15) is 5.03 Å². The van der Waals surface area contributed by atoms with Crippen molar-refractivity contribution in [3.63, 3.8) is 0 Å². The lowest BCUT2D eigenvalue weighted by Gasteiger charge is -2.06. The summed E-state index contributed by atoms with van der Waals surface area (Å²) in [4.78, 5) is 12.1. The average Bonchev–Trinajstić information content (AvgIpc) is 2.61. The second-order valence-electron chi connectivity index (χ2n) is 5.65. The van der Waals surface area contributed by atoms with E-state index in [-0.39, 0.29) is 5.78 Å². The first kappa shape index (κ1) is 16.4. The van der Waals surface area contributed by atoms with Gasteiger partial charge in [0.2, 0.25) is 0 Å². The van der Waals surface area contributed by atoms with E-state index in [0.717, 1.165) is 21.8 Å². The minimum absolute atomic E-state index is 0.0980. The Balaban J connectivity index is 1.68. The summed E-state index contributed by atoms with van der Waals surface area (Å²) in [6.07, 6.45) is 0. The molecule has 0 atom stereocenters. The van der Waals surface area contributed by atoms with Crippen molar-refractivity contribution < 1.29 is 4.79 Å². The highest BCUT2D eigenvalue weighted by atomic mass is 32.2. The van der Waals surface area contributed by atoms with Crippen molar-refractivity contribution in [3.8, 4) is 11.3 Å². The van der Waals surface area contributed by atoms with Gasteiger partial charge >= 0.3 is 0 Å². The van der Waals surface area contributed by atoms with Crippen molar-refractivity contribution in [2.75, 3.05) is 5.75 Å². The Labute approximate surface area is 146 Å². The second kappa shape index (κ2) is 7.41. The molecule has 0 aliphatic carbocycles. The summed E-state index contributed by atoms with van der Waals surface area (Å²) in [7, 11) is 0. The van der Waals surface area contributed by atoms with Crippen LogP contribution in [0.4, 0.5) is 0 Å². The molecule has 3 aromatic rings. The number of thioether (sulfide) groups is 1. The van der Waals surface area contributed by atoms with Gasteiger partial charge in [-0.05, 0) is 31.5 Å². The minimum atomic E-state index is 0.0980. The van der Waals surface area contributed by atoms with E-state index in [1.165, 1.54) is 22.9 Å². The Bertz CT molecular complexity index is 845. The van der Waals surface area contributed by atoms with Gasteiger partial charge in [-0.15, -0.1) is 10.2 Å². The van der Waals surface area contributed by atoms with Crippen LogP contribution in [0.2, 0.25) is 0 Å². The third kappa shape index (κ3) is 3.89. The normalized spacial score (nSPS) is 10.6. The maximum absolute atomic E-state index is 12.1. The fourth-order valence-corrected chi connectivity index (χ4v) is 3.20. The van der Waals surface area contributed by atoms with E-state index in [1.807, 2.05) is 42.5 Å². The fraction of sp³-hybridized carbons (Fsp3) is 0.150. The molecule has 2 aromatic carbocycles. The van der Waals surface area contributed by atoms with Crippen LogP contribution in [0.25, 0.3) is 11.3 Å². The lowest BCUT2D eigenvalue weighted by molar-refractivity contribution is 0.102. The van der Waals surface area contributed by atoms with Crippen LogP contribution in [0, 0.1) is 13.8 Å². The molecular formula is C20H18N2OS. The topological polar surface area (TPSA) is 42.9 Å². The van der Waals surface area contributed by atoms with E-state index < -0.39 is 0 Å². The number of rotatable bonds is 5. The molecule has 4 heteroatoms. The lowest BCUT2D eigenvalue weighted by atomic mass is 10.0. The summed E-state index contributed by atoms with van der Waals surface area (Å²) >= 11 is 1.41. The number of aryl methyl sites for hydroxylation is 2. The molecule has 0 unspecified atom stereocenters. The number of nitrogens with zero attached hydrogens (tertiary/aromatic N) is 2. The van der Waals surface area contributed by atoms with E-state index in [2.05, 4.69) is 42.2 Å². The van der Waals surface area contributed by atoms with Crippen molar-refractivity contribution >= 4 is 17.5 Å². The standard InChI is InChI=1S/C20H18N2OS/c1-14-8-9-17(15(2)12-14)18-10-11-20(22-21-18)24-13-19(23)16-6-4-3-5-7-16/h3-12H,13H2,1-2H3. The van der Waals surface area contributed by atoms with Gasteiger partial charge in [-0.25, -0.2) is 0 Å². The maximum atomic E-state index is 12.1. The van der Waals surface area contributed by atoms with Crippen molar-refractivity contribution in [2.24, 2.45) is 0 Å². The number of Topliss-reactive ketones (excluding diaryl/α,β-unsaturated/α-hetero) is 1. The van der Waals surface area contributed by atoms with E-state index in [1.54, 1.807) is 0 Å². The number of carbonyl (C=O) groups excluding carboxylic acids is 1. The molecule has 1 aromatic heterocycles. The average molecular weight is 334 g/mol. The molecule has 24 heavy (non-hydrogen) atoms. The van der Waals surface area contributed by atoms with Gasteiger partial charge in [-0.1, -0.05) is 65.9 Å². The van der Waals surface area contributed by atoms with Crippen LogP contribution in [-0.2, 0) is 0 Å². The van der Waals surface area contributed by atoms with E-state index in [9.17, 15) is 4.79 Å². The number of benzene rings is 2. The van der Waals surface area contributed by atoms with E-state index >= 15 is 0 Å². The smallest absolute Gasteiger partial charge is 0.173 e. The molecule has 0 aliphatic heterocycles. The predicted molar refractivity (Wildman–Crippen MR) is 98.4 cm³/mol. The van der Waals surface area contributed by atoms with E-state index in [4.69, 9.17) is 0 Å². The van der Waals surface area contributed by atoms with Gasteiger partial charge in [0.05, 0.1) is 11.4 Å². The first-order chi connectivity index (χ1) is 11.6. The molecule has 0 aliphatic rings. The Kier molecular flexibility index (Phi) is 5.06. The van der Waals surface area contributed by atoms with Crippen LogP contribution in [0.1, 0.15) is 21.5 Å². The van der Waals surface area contributed by atoms with Gasteiger partial charge in [0, 0.05) is 11.1 Å². The van der Waals surface area contributed by atoms with Crippen molar-refractivity contribution in [2.45, 2.75) is 18.9 Å². The third-order valence-corrected chi connectivity index (χ3v) is 4.66. The van der Waals surface area contributed by atoms with Crippen molar-refractivity contribution in [1.82, 2.24) is 10.2 Å². The van der Waals surface area contributed by atoms with Gasteiger partial charge in [0.25, 0.3) is 0 Å². The quantitative estimate of drug-likeness (QED) is 0.499. The number of carbonyl (C=O) groups is 1. The number of hydrogen-bond acceptors (Lipinski definition) is 4. The highest BCUT2D eigenvalue weighted by Crippen LogP contribution is 2.24. The first-order valence-corrected chi connectivity index (χ1v) is 8.74. The molecule has 3 nitrogen and oxygen atoms in total. The summed E-state index contributed by atoms with van der Waals surface area (Å²) in [6, 6.07) is 19.5. The molecular weight excluding hydrogens is 316 g/mol. The molecule has 1 heterocycles. The molecule has 0 radical (unpaired) electrons. The van der Waals surface area contributed by atoms with Crippen LogP contribution < -0.4 is 0 Å². The minimum Gasteiger partial charge on any atom is -0.293 e. The number of ketones is 1. The first-order valence-electron chi connectivity index (χ1n) is 7.76. The highest BCUT2D eigenvalue weighted by Gasteiger charge is 2.08. The molecule has 0 saturated carbocycles. The second-order valence-corrected chi connectivity index (χ2v) is 6.65. The van der Waals surface area contributed by atoms with Crippen molar-refractivity contribution in [3.05, 3.63) is 77.4 Å². The SMILES string of the molecule is Cc1ccc(-c2ccc(SCC(=O)c3ccccc3)nn2)c(C)c1. The summed E-state index contributed by atoms with van der Waals surface area (Å²) in [5.74, 6) is 0.461. The van der Waals surface area contributed by atoms with Gasteiger partial charge in [-0.2, -0.15) is 0 Å². The zero-order chi connectivity index (χ0) is 16.9. The maximum Gasteiger partial charge on any atom is 0.173 e. The third-order valence-electron chi connectivity index (χ3n) is 3.74. The van der Waals surface area contributed by atoms with Gasteiger partial charge in [0.15, 0.2) is 5.78 Å². The summed E-state index contributed by atoms with van der Waals surface area (Å²) in [5.41, 5.74) is 5.08. The molecule has 0 fully saturated rings. The predicted octanol–water partition coefficient (Wildman–Crippen LogP) is 4.74. The van der Waals surface area contributed by atoms with E-state index in [0.29, 0.717) is 5.75 Å². The van der Waals surface area contributed by atoms with Crippen LogP contribution in [0.5, 0.6) is 0 Å². The van der Waals surface area contributed by atoms with Crippen LogP contribution in [0.15, 0.2) is 65.7 Å². The largest absolute Gasteiger partial charge is 0.293 e. The number of aromatic nitrogens is 2. The zero-order valence-electron chi connectivity index (χ0n) is 13.7. The summed E-state index contributed by atoms with van der Waals surface area (Å²) in [6.45, 7) is 4.15. The molecule has 0 saturated heterocycles. The molecule has 0 spiro atoms. The fourth-order valence-electron chi connectivity index (χ4n) is 2.49. The Morgan fingerprint density at radius 2 is 1.75 bits per heavy atom. The van der Waals surface area contributed by atoms with Gasteiger partial charge < -0.3 is 0 Å². The summed E-state index contributed by atoms with van der Waals surface area (Å²) in [5, 5.41) is 9.31. The lowest BCUT2D eigenvalue weighted by Crippen LogP contribution is -2.02. The Morgan fingerprint density at radius 1 is 0.958 bits per heavy atom. The molecule has 0 N–H and O–H groups in total. The van der Waals surface area contributed by atoms with Gasteiger partial charge in [-0.3, -0.25) is 4.79 Å². The van der Waals surface area contributed by atoms with Crippen molar-refractivity contribution in [1.29, 1.82) is 0 Å². The molecule has 120 valence electrons. The Hall–Kier alpha value is -2.46. The van der Waals surface area contributed by atoms with Crippen LogP contribution in [-0.4, -0.2) is 21.7 Å². The summed E-state index contributed by atoms with van der Waals surface area (Å²) < 4.78 is 0.